The van der Waals surface area contributed by atoms with Gasteiger partial charge in [0.05, 0.1) is 11.9 Å². The summed E-state index contributed by atoms with van der Waals surface area (Å²) in [6.07, 6.45) is 5.08. The molecule has 0 spiro atoms. The van der Waals surface area contributed by atoms with Gasteiger partial charge in [0.25, 0.3) is 0 Å². The van der Waals surface area contributed by atoms with Crippen molar-refractivity contribution in [1.82, 2.24) is 20.4 Å². The molecule has 2 aromatic heterocycles. The molecule has 0 bridgehead atoms. The van der Waals surface area contributed by atoms with Gasteiger partial charge in [0.1, 0.15) is 12.1 Å². The van der Waals surface area contributed by atoms with Crippen LogP contribution >= 0.6 is 0 Å². The Morgan fingerprint density at radius 3 is 3.07 bits per heavy atom. The first-order valence-corrected chi connectivity index (χ1v) is 4.72. The molecule has 0 fully saturated rings. The van der Waals surface area contributed by atoms with Crippen LogP contribution in [0, 0.1) is 6.92 Å². The van der Waals surface area contributed by atoms with Gasteiger partial charge in [0.2, 0.25) is 0 Å². The van der Waals surface area contributed by atoms with E-state index >= 15 is 0 Å². The third kappa shape index (κ3) is 2.85. The van der Waals surface area contributed by atoms with Crippen LogP contribution in [0.4, 0.5) is 0 Å². The minimum Gasteiger partial charge on any atom is -0.364 e. The third-order valence-corrected chi connectivity index (χ3v) is 1.95. The molecule has 0 saturated carbocycles. The maximum Gasteiger partial charge on any atom is 0.128 e. The topological polar surface area (TPSA) is 63.8 Å². The Balaban J connectivity index is 1.83. The molecule has 0 unspecified atom stereocenters. The molecule has 5 nitrogen and oxygen atoms in total. The van der Waals surface area contributed by atoms with Crippen LogP contribution in [0.2, 0.25) is 0 Å². The monoisotopic (exact) mass is 204 g/mol. The van der Waals surface area contributed by atoms with Gasteiger partial charge in [0, 0.05) is 24.8 Å². The Kier molecular flexibility index (Phi) is 3.04. The van der Waals surface area contributed by atoms with Crippen LogP contribution < -0.4 is 5.32 Å². The van der Waals surface area contributed by atoms with Crippen LogP contribution in [0.1, 0.15) is 17.1 Å². The summed E-state index contributed by atoms with van der Waals surface area (Å²) >= 11 is 0. The van der Waals surface area contributed by atoms with E-state index in [2.05, 4.69) is 20.4 Å². The van der Waals surface area contributed by atoms with Crippen LogP contribution in [0.5, 0.6) is 0 Å². The molecule has 1 N–H and O–H groups in total. The van der Waals surface area contributed by atoms with Gasteiger partial charge in [-0.3, -0.25) is 0 Å². The lowest BCUT2D eigenvalue weighted by atomic mass is 10.3. The lowest BCUT2D eigenvalue weighted by Gasteiger charge is -2.02. The molecule has 2 rings (SSSR count). The molecular formula is C10H12N4O. The summed E-state index contributed by atoms with van der Waals surface area (Å²) in [7, 11) is 0. The van der Waals surface area contributed by atoms with Crippen molar-refractivity contribution in [3.8, 4) is 0 Å². The van der Waals surface area contributed by atoms with Gasteiger partial charge in [-0.25, -0.2) is 9.97 Å². The smallest absolute Gasteiger partial charge is 0.128 e. The quantitative estimate of drug-likeness (QED) is 0.806. The zero-order valence-electron chi connectivity index (χ0n) is 8.47. The summed E-state index contributed by atoms with van der Waals surface area (Å²) < 4.78 is 4.72. The SMILES string of the molecule is Cc1nccc(CNCc2cnoc2)n1. The van der Waals surface area contributed by atoms with Crippen molar-refractivity contribution in [2.24, 2.45) is 0 Å². The maximum absolute atomic E-state index is 4.72. The first-order valence-electron chi connectivity index (χ1n) is 4.72. The van der Waals surface area contributed by atoms with Crippen molar-refractivity contribution >= 4 is 0 Å². The highest BCUT2D eigenvalue weighted by Crippen LogP contribution is 1.97. The van der Waals surface area contributed by atoms with Gasteiger partial charge < -0.3 is 9.84 Å². The first kappa shape index (κ1) is 9.79. The van der Waals surface area contributed by atoms with E-state index in [0.717, 1.165) is 23.6 Å². The van der Waals surface area contributed by atoms with E-state index in [1.165, 1.54) is 0 Å². The average Bonchev–Trinajstić information content (AvgIpc) is 2.71. The number of rotatable bonds is 4. The van der Waals surface area contributed by atoms with Crippen molar-refractivity contribution in [3.63, 3.8) is 0 Å². The molecule has 0 amide bonds. The lowest BCUT2D eigenvalue weighted by Crippen LogP contribution is -2.13. The molecule has 2 aromatic rings. The van der Waals surface area contributed by atoms with Gasteiger partial charge in [0.15, 0.2) is 0 Å². The molecule has 0 aromatic carbocycles. The van der Waals surface area contributed by atoms with Gasteiger partial charge >= 0.3 is 0 Å². The number of hydrogen-bond acceptors (Lipinski definition) is 5. The minimum absolute atomic E-state index is 0.717. The Bertz CT molecular complexity index is 413. The van der Waals surface area contributed by atoms with E-state index in [-0.39, 0.29) is 0 Å². The van der Waals surface area contributed by atoms with Crippen LogP contribution in [0.15, 0.2) is 29.2 Å². The predicted octanol–water partition coefficient (Wildman–Crippen LogP) is 1.06. The molecule has 15 heavy (non-hydrogen) atoms. The van der Waals surface area contributed by atoms with Crippen molar-refractivity contribution in [1.29, 1.82) is 0 Å². The summed E-state index contributed by atoms with van der Waals surface area (Å²) in [5.74, 6) is 0.791. The van der Waals surface area contributed by atoms with Crippen molar-refractivity contribution in [2.45, 2.75) is 20.0 Å². The van der Waals surface area contributed by atoms with Crippen LogP contribution in [0.3, 0.4) is 0 Å². The van der Waals surface area contributed by atoms with E-state index in [9.17, 15) is 0 Å². The molecule has 2 heterocycles. The summed E-state index contributed by atoms with van der Waals surface area (Å²) in [6, 6.07) is 1.90. The Hall–Kier alpha value is -1.75. The third-order valence-electron chi connectivity index (χ3n) is 1.95. The molecule has 0 radical (unpaired) electrons. The fourth-order valence-electron chi connectivity index (χ4n) is 1.25. The number of hydrogen-bond donors (Lipinski definition) is 1. The molecular weight excluding hydrogens is 192 g/mol. The molecule has 5 heteroatoms. The van der Waals surface area contributed by atoms with Gasteiger partial charge in [-0.2, -0.15) is 0 Å². The first-order chi connectivity index (χ1) is 7.34. The van der Waals surface area contributed by atoms with Crippen molar-refractivity contribution in [2.75, 3.05) is 0 Å². The molecule has 78 valence electrons. The maximum atomic E-state index is 4.72. The Morgan fingerprint density at radius 2 is 2.33 bits per heavy atom. The highest BCUT2D eigenvalue weighted by molar-refractivity contribution is 5.03. The molecule has 0 aliphatic carbocycles. The average molecular weight is 204 g/mol. The number of aromatic nitrogens is 3. The summed E-state index contributed by atoms with van der Waals surface area (Å²) in [4.78, 5) is 8.31. The molecule has 0 aliphatic rings. The lowest BCUT2D eigenvalue weighted by molar-refractivity contribution is 0.418. The van der Waals surface area contributed by atoms with E-state index in [1.54, 1.807) is 18.7 Å². The Labute approximate surface area is 87.5 Å². The van der Waals surface area contributed by atoms with Crippen LogP contribution in [0.25, 0.3) is 0 Å². The minimum atomic E-state index is 0.717. The second-order valence-electron chi connectivity index (χ2n) is 3.23. The molecule has 0 saturated heterocycles. The highest BCUT2D eigenvalue weighted by atomic mass is 16.5. The number of nitrogens with one attached hydrogen (secondary N) is 1. The predicted molar refractivity (Wildman–Crippen MR) is 53.8 cm³/mol. The fraction of sp³-hybridized carbons (Fsp3) is 0.300. The summed E-state index contributed by atoms with van der Waals surface area (Å²) in [6.45, 7) is 3.32. The van der Waals surface area contributed by atoms with Crippen LogP contribution in [-0.2, 0) is 13.1 Å². The van der Waals surface area contributed by atoms with Crippen molar-refractivity contribution < 1.29 is 4.52 Å². The second kappa shape index (κ2) is 4.65. The van der Waals surface area contributed by atoms with Crippen molar-refractivity contribution in [3.05, 3.63) is 41.8 Å². The summed E-state index contributed by atoms with van der Waals surface area (Å²) in [5.41, 5.74) is 2.01. The summed E-state index contributed by atoms with van der Waals surface area (Å²) in [5, 5.41) is 6.86. The normalized spacial score (nSPS) is 10.5. The number of aryl methyl sites for hydroxylation is 1. The standard InChI is InChI=1S/C10H12N4O/c1-8-12-3-2-10(14-8)6-11-4-9-5-13-15-7-9/h2-3,5,7,11H,4,6H2,1H3. The van der Waals surface area contributed by atoms with E-state index in [4.69, 9.17) is 4.52 Å². The largest absolute Gasteiger partial charge is 0.364 e. The molecule has 0 atom stereocenters. The highest BCUT2D eigenvalue weighted by Gasteiger charge is 1.97. The van der Waals surface area contributed by atoms with E-state index in [0.29, 0.717) is 6.54 Å². The van der Waals surface area contributed by atoms with Gasteiger partial charge in [-0.1, -0.05) is 5.16 Å². The molecule has 0 aliphatic heterocycles. The zero-order chi connectivity index (χ0) is 10.5. The van der Waals surface area contributed by atoms with E-state index in [1.807, 2.05) is 13.0 Å². The Morgan fingerprint density at radius 1 is 1.40 bits per heavy atom. The fourth-order valence-corrected chi connectivity index (χ4v) is 1.25. The van der Waals surface area contributed by atoms with Gasteiger partial charge in [-0.15, -0.1) is 0 Å². The van der Waals surface area contributed by atoms with E-state index < -0.39 is 0 Å². The van der Waals surface area contributed by atoms with Crippen LogP contribution in [-0.4, -0.2) is 15.1 Å². The number of nitrogens with zero attached hydrogens (tertiary/aromatic N) is 3. The van der Waals surface area contributed by atoms with Gasteiger partial charge in [-0.05, 0) is 13.0 Å². The second-order valence-corrected chi connectivity index (χ2v) is 3.23. The zero-order valence-corrected chi connectivity index (χ0v) is 8.47.